The first-order chi connectivity index (χ1) is 8.61. The largest absolute Gasteiger partial charge is 0.491 e. The van der Waals surface area contributed by atoms with Crippen LogP contribution in [0.5, 0.6) is 5.75 Å². The number of hydrogen-bond donors (Lipinski definition) is 1. The Balaban J connectivity index is 2.30. The molecule has 0 saturated heterocycles. The molecule has 1 unspecified atom stereocenters. The highest BCUT2D eigenvalue weighted by Crippen LogP contribution is 2.15. The highest BCUT2D eigenvalue weighted by atomic mass is 16.5. The molecular formula is C16H27NO. The van der Waals surface area contributed by atoms with Gasteiger partial charge in [-0.25, -0.2) is 0 Å². The predicted octanol–water partition coefficient (Wildman–Crippen LogP) is 3.92. The summed E-state index contributed by atoms with van der Waals surface area (Å²) in [7, 11) is 0. The van der Waals surface area contributed by atoms with Crippen LogP contribution in [0.1, 0.15) is 52.0 Å². The highest BCUT2D eigenvalue weighted by Gasteiger charge is 2.02. The van der Waals surface area contributed by atoms with Crippen LogP contribution in [0, 0.1) is 0 Å². The molecule has 0 bridgehead atoms. The van der Waals surface area contributed by atoms with Crippen LogP contribution in [0.2, 0.25) is 0 Å². The Labute approximate surface area is 112 Å². The van der Waals surface area contributed by atoms with E-state index in [-0.39, 0.29) is 6.10 Å². The van der Waals surface area contributed by atoms with E-state index in [4.69, 9.17) is 10.5 Å². The lowest BCUT2D eigenvalue weighted by molar-refractivity contribution is 0.242. The molecular weight excluding hydrogens is 222 g/mol. The maximum absolute atomic E-state index is 6.01. The third kappa shape index (κ3) is 6.06. The van der Waals surface area contributed by atoms with Crippen molar-refractivity contribution in [3.63, 3.8) is 0 Å². The van der Waals surface area contributed by atoms with E-state index in [1.54, 1.807) is 0 Å². The predicted molar refractivity (Wildman–Crippen MR) is 78.0 cm³/mol. The topological polar surface area (TPSA) is 35.2 Å². The van der Waals surface area contributed by atoms with Crippen molar-refractivity contribution in [3.8, 4) is 5.75 Å². The van der Waals surface area contributed by atoms with E-state index in [2.05, 4.69) is 31.2 Å². The van der Waals surface area contributed by atoms with Gasteiger partial charge in [-0.15, -0.1) is 0 Å². The van der Waals surface area contributed by atoms with Crippen LogP contribution in [0.4, 0.5) is 0 Å². The van der Waals surface area contributed by atoms with E-state index in [9.17, 15) is 0 Å². The van der Waals surface area contributed by atoms with Crippen LogP contribution in [0.15, 0.2) is 24.3 Å². The van der Waals surface area contributed by atoms with Crippen molar-refractivity contribution in [3.05, 3.63) is 29.8 Å². The normalized spacial score (nSPS) is 12.7. The first kappa shape index (κ1) is 15.0. The average Bonchev–Trinajstić information content (AvgIpc) is 2.31. The van der Waals surface area contributed by atoms with Crippen LogP contribution in [0.25, 0.3) is 0 Å². The first-order valence-electron chi connectivity index (χ1n) is 7.13. The van der Waals surface area contributed by atoms with E-state index >= 15 is 0 Å². The van der Waals surface area contributed by atoms with Gasteiger partial charge in [-0.2, -0.15) is 0 Å². The Morgan fingerprint density at radius 2 is 1.78 bits per heavy atom. The molecule has 0 aromatic heterocycles. The molecule has 0 aliphatic carbocycles. The van der Waals surface area contributed by atoms with Crippen LogP contribution < -0.4 is 10.5 Å². The van der Waals surface area contributed by atoms with E-state index in [0.717, 1.165) is 25.0 Å². The number of aryl methyl sites for hydroxylation is 1. The molecule has 1 atom stereocenters. The average molecular weight is 249 g/mol. The quantitative estimate of drug-likeness (QED) is 0.757. The third-order valence-corrected chi connectivity index (χ3v) is 2.99. The molecule has 0 aliphatic rings. The van der Waals surface area contributed by atoms with Gasteiger partial charge in [-0.05, 0) is 57.2 Å². The fourth-order valence-electron chi connectivity index (χ4n) is 2.09. The van der Waals surface area contributed by atoms with Crippen molar-refractivity contribution in [1.82, 2.24) is 0 Å². The Morgan fingerprint density at radius 1 is 1.11 bits per heavy atom. The standard InChI is InChI=1S/C16H27NO/c1-4-6-15(17)8-5-7-14-9-11-16(12-10-14)18-13(2)3/h9-13,15H,4-8,17H2,1-3H3. The minimum absolute atomic E-state index is 0.239. The summed E-state index contributed by atoms with van der Waals surface area (Å²) >= 11 is 0. The van der Waals surface area contributed by atoms with Gasteiger partial charge in [0.15, 0.2) is 0 Å². The van der Waals surface area contributed by atoms with Crippen LogP contribution in [0.3, 0.4) is 0 Å². The molecule has 2 nitrogen and oxygen atoms in total. The minimum Gasteiger partial charge on any atom is -0.491 e. The van der Waals surface area contributed by atoms with Crippen LogP contribution in [-0.4, -0.2) is 12.1 Å². The van der Waals surface area contributed by atoms with Crippen molar-refractivity contribution in [2.24, 2.45) is 5.73 Å². The maximum atomic E-state index is 6.01. The summed E-state index contributed by atoms with van der Waals surface area (Å²) < 4.78 is 5.62. The number of benzene rings is 1. The van der Waals surface area contributed by atoms with Gasteiger partial charge in [0.2, 0.25) is 0 Å². The van der Waals surface area contributed by atoms with Crippen molar-refractivity contribution in [2.75, 3.05) is 0 Å². The summed E-state index contributed by atoms with van der Waals surface area (Å²) in [6.07, 6.45) is 5.97. The van der Waals surface area contributed by atoms with E-state index < -0.39 is 0 Å². The lowest BCUT2D eigenvalue weighted by atomic mass is 10.0. The second-order valence-electron chi connectivity index (χ2n) is 5.25. The van der Waals surface area contributed by atoms with Crippen molar-refractivity contribution in [1.29, 1.82) is 0 Å². The number of rotatable bonds is 8. The van der Waals surface area contributed by atoms with Crippen molar-refractivity contribution >= 4 is 0 Å². The fourth-order valence-corrected chi connectivity index (χ4v) is 2.09. The summed E-state index contributed by atoms with van der Waals surface area (Å²) in [6.45, 7) is 6.28. The SMILES string of the molecule is CCCC(N)CCCc1ccc(OC(C)C)cc1. The van der Waals surface area contributed by atoms with Gasteiger partial charge in [0, 0.05) is 6.04 Å². The summed E-state index contributed by atoms with van der Waals surface area (Å²) in [5, 5.41) is 0. The zero-order valence-corrected chi connectivity index (χ0v) is 12.0. The molecule has 0 amide bonds. The molecule has 1 rings (SSSR count). The van der Waals surface area contributed by atoms with Gasteiger partial charge in [0.1, 0.15) is 5.75 Å². The minimum atomic E-state index is 0.239. The lowest BCUT2D eigenvalue weighted by Crippen LogP contribution is -2.19. The summed E-state index contributed by atoms with van der Waals surface area (Å²) in [5.41, 5.74) is 7.38. The Kier molecular flexibility index (Phi) is 6.81. The Morgan fingerprint density at radius 3 is 2.33 bits per heavy atom. The van der Waals surface area contributed by atoms with Gasteiger partial charge in [-0.3, -0.25) is 0 Å². The molecule has 0 radical (unpaired) electrons. The monoisotopic (exact) mass is 249 g/mol. The molecule has 1 aromatic carbocycles. The lowest BCUT2D eigenvalue weighted by Gasteiger charge is -2.11. The summed E-state index contributed by atoms with van der Waals surface area (Å²) in [4.78, 5) is 0. The van der Waals surface area contributed by atoms with Gasteiger partial charge >= 0.3 is 0 Å². The van der Waals surface area contributed by atoms with E-state index in [1.807, 2.05) is 13.8 Å². The molecule has 2 N–H and O–H groups in total. The van der Waals surface area contributed by atoms with Crippen LogP contribution in [-0.2, 0) is 6.42 Å². The maximum Gasteiger partial charge on any atom is 0.119 e. The van der Waals surface area contributed by atoms with Crippen molar-refractivity contribution < 1.29 is 4.74 Å². The molecule has 2 heteroatoms. The molecule has 0 saturated carbocycles. The molecule has 102 valence electrons. The summed E-state index contributed by atoms with van der Waals surface area (Å²) in [6, 6.07) is 8.80. The van der Waals surface area contributed by atoms with E-state index in [0.29, 0.717) is 6.04 Å². The molecule has 0 aliphatic heterocycles. The van der Waals surface area contributed by atoms with E-state index in [1.165, 1.54) is 18.4 Å². The molecule has 0 heterocycles. The van der Waals surface area contributed by atoms with Crippen LogP contribution >= 0.6 is 0 Å². The number of nitrogens with two attached hydrogens (primary N) is 1. The molecule has 0 fully saturated rings. The second-order valence-corrected chi connectivity index (χ2v) is 5.25. The molecule has 0 spiro atoms. The fraction of sp³-hybridized carbons (Fsp3) is 0.625. The Bertz CT molecular complexity index is 318. The summed E-state index contributed by atoms with van der Waals surface area (Å²) in [5.74, 6) is 0.955. The third-order valence-electron chi connectivity index (χ3n) is 2.99. The molecule has 18 heavy (non-hydrogen) atoms. The smallest absolute Gasteiger partial charge is 0.119 e. The zero-order valence-electron chi connectivity index (χ0n) is 12.0. The van der Waals surface area contributed by atoms with Crippen molar-refractivity contribution in [2.45, 2.75) is 65.0 Å². The van der Waals surface area contributed by atoms with Gasteiger partial charge in [0.25, 0.3) is 0 Å². The second kappa shape index (κ2) is 8.15. The van der Waals surface area contributed by atoms with Gasteiger partial charge in [0.05, 0.1) is 6.10 Å². The molecule has 1 aromatic rings. The highest BCUT2D eigenvalue weighted by molar-refractivity contribution is 5.27. The first-order valence-corrected chi connectivity index (χ1v) is 7.13. The van der Waals surface area contributed by atoms with Gasteiger partial charge < -0.3 is 10.5 Å². The zero-order chi connectivity index (χ0) is 13.4. The number of ether oxygens (including phenoxy) is 1. The Hall–Kier alpha value is -1.02. The number of hydrogen-bond acceptors (Lipinski definition) is 2. The van der Waals surface area contributed by atoms with Gasteiger partial charge in [-0.1, -0.05) is 25.5 Å².